The van der Waals surface area contributed by atoms with Gasteiger partial charge in [0.15, 0.2) is 0 Å². The predicted molar refractivity (Wildman–Crippen MR) is 113 cm³/mol. The fourth-order valence-corrected chi connectivity index (χ4v) is 2.89. The minimum absolute atomic E-state index is 0.142. The highest BCUT2D eigenvalue weighted by Crippen LogP contribution is 2.28. The number of para-hydroxylation sites is 1. The van der Waals surface area contributed by atoms with Gasteiger partial charge in [-0.2, -0.15) is 10.1 Å². The van der Waals surface area contributed by atoms with Crippen LogP contribution in [0.4, 0.5) is 17.5 Å². The van der Waals surface area contributed by atoms with Crippen molar-refractivity contribution in [2.75, 3.05) is 23.8 Å². The number of aliphatic hydroxyl groups is 2. The molecule has 0 fully saturated rings. The monoisotopic (exact) mass is 390 g/mol. The van der Waals surface area contributed by atoms with Crippen molar-refractivity contribution >= 4 is 28.4 Å². The molecule has 2 aromatic heterocycles. The van der Waals surface area contributed by atoms with E-state index in [1.54, 1.807) is 13.1 Å². The summed E-state index contributed by atoms with van der Waals surface area (Å²) in [7, 11) is 0. The second-order valence-corrected chi connectivity index (χ2v) is 7.10. The van der Waals surface area contributed by atoms with Gasteiger partial charge < -0.3 is 20.8 Å². The van der Waals surface area contributed by atoms with E-state index >= 15 is 0 Å². The van der Waals surface area contributed by atoms with Crippen LogP contribution < -0.4 is 10.6 Å². The van der Waals surface area contributed by atoms with Gasteiger partial charge >= 0.3 is 0 Å². The van der Waals surface area contributed by atoms with Crippen LogP contribution in [-0.4, -0.2) is 49.1 Å². The van der Waals surface area contributed by atoms with E-state index in [1.165, 1.54) is 0 Å². The third kappa shape index (κ3) is 4.34. The maximum absolute atomic E-state index is 10.1. The van der Waals surface area contributed by atoms with Gasteiger partial charge in [-0.15, -0.1) is 0 Å². The van der Waals surface area contributed by atoms with Gasteiger partial charge in [0.1, 0.15) is 11.4 Å². The summed E-state index contributed by atoms with van der Waals surface area (Å²) in [6.07, 6.45) is 1.70. The van der Waals surface area contributed by atoms with Gasteiger partial charge in [-0.3, -0.25) is 5.10 Å². The molecule has 2 aromatic carbocycles. The molecule has 2 heterocycles. The number of aromatic amines is 1. The van der Waals surface area contributed by atoms with Gasteiger partial charge in [-0.1, -0.05) is 24.3 Å². The first-order valence-electron chi connectivity index (χ1n) is 9.25. The molecule has 0 aliphatic heterocycles. The summed E-state index contributed by atoms with van der Waals surface area (Å²) in [5.41, 5.74) is 2.18. The van der Waals surface area contributed by atoms with Gasteiger partial charge in [0, 0.05) is 29.4 Å². The van der Waals surface area contributed by atoms with E-state index in [0.29, 0.717) is 11.8 Å². The van der Waals surface area contributed by atoms with E-state index < -0.39 is 5.60 Å². The topological polar surface area (TPSA) is 119 Å². The zero-order valence-electron chi connectivity index (χ0n) is 15.9. The SMILES string of the molecule is CC(O)(CO)CNc1nc(Nc2ccccc2)nc2cc(-c3ccn[nH]3)ccc12. The maximum Gasteiger partial charge on any atom is 0.229 e. The Morgan fingerprint density at radius 3 is 2.62 bits per heavy atom. The van der Waals surface area contributed by atoms with Crippen molar-refractivity contribution in [1.29, 1.82) is 0 Å². The van der Waals surface area contributed by atoms with Crippen molar-refractivity contribution in [3.63, 3.8) is 0 Å². The fourth-order valence-electron chi connectivity index (χ4n) is 2.89. The Kier molecular flexibility index (Phi) is 5.11. The van der Waals surface area contributed by atoms with Crippen molar-refractivity contribution in [3.8, 4) is 11.3 Å². The number of aliphatic hydroxyl groups excluding tert-OH is 1. The summed E-state index contributed by atoms with van der Waals surface area (Å²) < 4.78 is 0. The molecular formula is C21H22N6O2. The summed E-state index contributed by atoms with van der Waals surface area (Å²) in [5, 5.41) is 33.6. The van der Waals surface area contributed by atoms with Crippen LogP contribution in [0.1, 0.15) is 6.92 Å². The molecule has 1 unspecified atom stereocenters. The van der Waals surface area contributed by atoms with Crippen molar-refractivity contribution in [2.24, 2.45) is 0 Å². The molecule has 0 aliphatic rings. The normalized spacial score (nSPS) is 13.2. The predicted octanol–water partition coefficient (Wildman–Crippen LogP) is 2.92. The van der Waals surface area contributed by atoms with Crippen LogP contribution in [0.15, 0.2) is 60.8 Å². The lowest BCUT2D eigenvalue weighted by Gasteiger charge is -2.21. The number of nitrogens with zero attached hydrogens (tertiary/aromatic N) is 3. The van der Waals surface area contributed by atoms with E-state index in [0.717, 1.165) is 27.8 Å². The summed E-state index contributed by atoms with van der Waals surface area (Å²) in [4.78, 5) is 9.24. The zero-order valence-corrected chi connectivity index (χ0v) is 15.9. The molecular weight excluding hydrogens is 368 g/mol. The van der Waals surface area contributed by atoms with Crippen LogP contribution in [-0.2, 0) is 0 Å². The summed E-state index contributed by atoms with van der Waals surface area (Å²) in [5.74, 6) is 0.995. The fraction of sp³-hybridized carbons (Fsp3) is 0.190. The highest BCUT2D eigenvalue weighted by atomic mass is 16.3. The van der Waals surface area contributed by atoms with E-state index in [-0.39, 0.29) is 13.2 Å². The molecule has 4 rings (SSSR count). The number of hydrogen-bond acceptors (Lipinski definition) is 7. The lowest BCUT2D eigenvalue weighted by atomic mass is 10.1. The minimum atomic E-state index is -1.26. The van der Waals surface area contributed by atoms with E-state index in [9.17, 15) is 10.2 Å². The lowest BCUT2D eigenvalue weighted by Crippen LogP contribution is -2.37. The third-order valence-electron chi connectivity index (χ3n) is 4.52. The molecule has 1 atom stereocenters. The second-order valence-electron chi connectivity index (χ2n) is 7.10. The first-order valence-corrected chi connectivity index (χ1v) is 9.25. The Labute approximate surface area is 167 Å². The van der Waals surface area contributed by atoms with Crippen LogP contribution in [0.25, 0.3) is 22.2 Å². The number of nitrogens with one attached hydrogen (secondary N) is 3. The van der Waals surface area contributed by atoms with Crippen molar-refractivity contribution < 1.29 is 10.2 Å². The molecule has 0 amide bonds. The molecule has 0 aliphatic carbocycles. The Morgan fingerprint density at radius 1 is 1.07 bits per heavy atom. The molecule has 148 valence electrons. The van der Waals surface area contributed by atoms with E-state index in [2.05, 4.69) is 30.8 Å². The molecule has 0 saturated heterocycles. The average Bonchev–Trinajstić information content (AvgIpc) is 3.27. The highest BCUT2D eigenvalue weighted by Gasteiger charge is 2.20. The first-order chi connectivity index (χ1) is 14.0. The molecule has 0 radical (unpaired) electrons. The van der Waals surface area contributed by atoms with Gasteiger partial charge in [-0.05, 0) is 37.3 Å². The van der Waals surface area contributed by atoms with Crippen molar-refractivity contribution in [3.05, 3.63) is 60.8 Å². The number of fused-ring (bicyclic) bond motifs is 1. The third-order valence-corrected chi connectivity index (χ3v) is 4.52. The standard InChI is InChI=1S/C21H22N6O2/c1-21(29,13-28)12-22-19-16-8-7-14(17-9-10-23-27-17)11-18(16)25-20(26-19)24-15-5-3-2-4-6-15/h2-11,28-29H,12-13H2,1H3,(H,23,27)(H2,22,24,25,26). The molecule has 5 N–H and O–H groups in total. The van der Waals surface area contributed by atoms with Gasteiger partial charge in [0.05, 0.1) is 17.8 Å². The number of H-pyrrole nitrogens is 1. The Balaban J connectivity index is 1.75. The quantitative estimate of drug-likeness (QED) is 0.329. The number of rotatable bonds is 7. The van der Waals surface area contributed by atoms with E-state index in [1.807, 2.05) is 54.6 Å². The number of hydrogen-bond donors (Lipinski definition) is 5. The minimum Gasteiger partial charge on any atom is -0.393 e. The molecule has 0 saturated carbocycles. The van der Waals surface area contributed by atoms with Crippen LogP contribution in [0.3, 0.4) is 0 Å². The van der Waals surface area contributed by atoms with Crippen molar-refractivity contribution in [1.82, 2.24) is 20.2 Å². The number of anilines is 3. The van der Waals surface area contributed by atoms with E-state index in [4.69, 9.17) is 0 Å². The van der Waals surface area contributed by atoms with Crippen LogP contribution in [0, 0.1) is 0 Å². The average molecular weight is 390 g/mol. The van der Waals surface area contributed by atoms with Gasteiger partial charge in [-0.25, -0.2) is 4.98 Å². The van der Waals surface area contributed by atoms with Crippen LogP contribution in [0.5, 0.6) is 0 Å². The van der Waals surface area contributed by atoms with Crippen LogP contribution in [0.2, 0.25) is 0 Å². The number of benzene rings is 2. The van der Waals surface area contributed by atoms with Gasteiger partial charge in [0.2, 0.25) is 5.95 Å². The molecule has 8 heteroatoms. The second kappa shape index (κ2) is 7.86. The summed E-state index contributed by atoms with van der Waals surface area (Å²) in [6, 6.07) is 17.4. The molecule has 0 spiro atoms. The Hall–Kier alpha value is -3.49. The molecule has 0 bridgehead atoms. The lowest BCUT2D eigenvalue weighted by molar-refractivity contribution is 0.0132. The molecule has 4 aromatic rings. The Morgan fingerprint density at radius 2 is 1.90 bits per heavy atom. The smallest absolute Gasteiger partial charge is 0.229 e. The number of aromatic nitrogens is 4. The van der Waals surface area contributed by atoms with Gasteiger partial charge in [0.25, 0.3) is 0 Å². The Bertz CT molecular complexity index is 1100. The van der Waals surface area contributed by atoms with Crippen molar-refractivity contribution in [2.45, 2.75) is 12.5 Å². The van der Waals surface area contributed by atoms with Crippen LogP contribution >= 0.6 is 0 Å². The molecule has 8 nitrogen and oxygen atoms in total. The first kappa shape index (κ1) is 18.9. The summed E-state index contributed by atoms with van der Waals surface area (Å²) in [6.45, 7) is 1.34. The zero-order chi connectivity index (χ0) is 20.3. The largest absolute Gasteiger partial charge is 0.393 e. The summed E-state index contributed by atoms with van der Waals surface area (Å²) >= 11 is 0. The molecule has 29 heavy (non-hydrogen) atoms. The maximum atomic E-state index is 10.1. The highest BCUT2D eigenvalue weighted by molar-refractivity contribution is 5.93.